The molecule has 46 heavy (non-hydrogen) atoms. The van der Waals surface area contributed by atoms with Crippen LogP contribution in [0.4, 0.5) is 4.39 Å². The summed E-state index contributed by atoms with van der Waals surface area (Å²) in [7, 11) is 0. The van der Waals surface area contributed by atoms with Gasteiger partial charge in [0.05, 0.1) is 23.5 Å². The van der Waals surface area contributed by atoms with Gasteiger partial charge >= 0.3 is 5.69 Å². The highest BCUT2D eigenvalue weighted by molar-refractivity contribution is 5.80. The van der Waals surface area contributed by atoms with Gasteiger partial charge in [0.1, 0.15) is 12.1 Å². The number of benzene rings is 2. The minimum atomic E-state index is -0.942. The average Bonchev–Trinajstić information content (AvgIpc) is 3.69. The molecular weight excluding hydrogens is 589 g/mol. The number of halogens is 1. The van der Waals surface area contributed by atoms with Crippen molar-refractivity contribution in [3.63, 3.8) is 0 Å². The molecule has 3 heterocycles. The fraction of sp³-hybridized carbons (Fsp3) is 0.441. The van der Waals surface area contributed by atoms with Crippen LogP contribution in [-0.2, 0) is 17.6 Å². The molecule has 1 saturated carbocycles. The number of H-pyrrole nitrogens is 2. The first-order chi connectivity index (χ1) is 22.0. The van der Waals surface area contributed by atoms with Gasteiger partial charge in [-0.15, -0.1) is 0 Å². The summed E-state index contributed by atoms with van der Waals surface area (Å²) >= 11 is 0. The third-order valence-corrected chi connectivity index (χ3v) is 9.13. The Morgan fingerprint density at radius 3 is 2.50 bits per heavy atom. The molecule has 242 valence electrons. The molecule has 0 spiro atoms. The highest BCUT2D eigenvalue weighted by Gasteiger charge is 2.31. The maximum Gasteiger partial charge on any atom is 0.340 e. The molecule has 6 rings (SSSR count). The Hall–Kier alpha value is -4.42. The van der Waals surface area contributed by atoms with Crippen LogP contribution < -0.4 is 11.2 Å². The molecule has 0 aliphatic heterocycles. The fourth-order valence-corrected chi connectivity index (χ4v) is 6.36. The lowest BCUT2D eigenvalue weighted by Crippen LogP contribution is -2.40. The smallest absolute Gasteiger partial charge is 0.340 e. The fourth-order valence-electron chi connectivity index (χ4n) is 6.36. The number of nitrogens with one attached hydrogen (secondary N) is 2. The molecule has 2 aromatic carbocycles. The van der Waals surface area contributed by atoms with Crippen LogP contribution in [0.1, 0.15) is 82.7 Å². The Labute approximate surface area is 265 Å². The number of aliphatic hydroxyl groups is 1. The molecule has 3 aromatic heterocycles. The Balaban J connectivity index is 1.33. The van der Waals surface area contributed by atoms with Crippen LogP contribution in [-0.4, -0.2) is 57.3 Å². The highest BCUT2D eigenvalue weighted by Crippen LogP contribution is 2.33. The lowest BCUT2D eigenvalue weighted by atomic mass is 9.91. The Morgan fingerprint density at radius 1 is 1.11 bits per heavy atom. The van der Waals surface area contributed by atoms with Crippen LogP contribution in [0.5, 0.6) is 0 Å². The summed E-state index contributed by atoms with van der Waals surface area (Å²) in [6.07, 6.45) is 5.53. The summed E-state index contributed by atoms with van der Waals surface area (Å²) in [6.45, 7) is 7.39. The summed E-state index contributed by atoms with van der Waals surface area (Å²) in [5.41, 5.74) is 2.10. The van der Waals surface area contributed by atoms with Crippen molar-refractivity contribution in [2.45, 2.75) is 96.5 Å². The molecule has 5 aromatic rings. The van der Waals surface area contributed by atoms with E-state index in [0.717, 1.165) is 25.0 Å². The first-order valence-electron chi connectivity index (χ1n) is 15.9. The van der Waals surface area contributed by atoms with Gasteiger partial charge in [0.2, 0.25) is 5.78 Å². The van der Waals surface area contributed by atoms with E-state index in [2.05, 4.69) is 25.3 Å². The number of ether oxygens (including phenoxy) is 1. The van der Waals surface area contributed by atoms with Gasteiger partial charge in [0.15, 0.2) is 5.82 Å². The van der Waals surface area contributed by atoms with Gasteiger partial charge in [-0.05, 0) is 75.6 Å². The van der Waals surface area contributed by atoms with E-state index in [0.29, 0.717) is 58.7 Å². The summed E-state index contributed by atoms with van der Waals surface area (Å²) < 4.78 is 25.5. The number of hydrogen-bond donors (Lipinski definition) is 3. The van der Waals surface area contributed by atoms with Crippen LogP contribution in [0.25, 0.3) is 28.3 Å². The predicted octanol–water partition coefficient (Wildman–Crippen LogP) is 4.98. The van der Waals surface area contributed by atoms with Crippen LogP contribution in [0.3, 0.4) is 0 Å². The minimum absolute atomic E-state index is 0.00730. The molecule has 1 unspecified atom stereocenters. The lowest BCUT2D eigenvalue weighted by molar-refractivity contribution is -0.118. The van der Waals surface area contributed by atoms with E-state index < -0.39 is 17.1 Å². The van der Waals surface area contributed by atoms with Gasteiger partial charge < -0.3 is 9.84 Å². The second-order valence-corrected chi connectivity index (χ2v) is 12.7. The van der Waals surface area contributed by atoms with Crippen molar-refractivity contribution in [1.82, 2.24) is 34.3 Å². The molecule has 0 bridgehead atoms. The number of hydrogen-bond acceptors (Lipinski definition) is 7. The van der Waals surface area contributed by atoms with Gasteiger partial charge in [0, 0.05) is 23.6 Å². The third kappa shape index (κ3) is 6.19. The Kier molecular flexibility index (Phi) is 8.75. The second kappa shape index (κ2) is 12.8. The zero-order valence-corrected chi connectivity index (χ0v) is 26.6. The van der Waals surface area contributed by atoms with E-state index in [4.69, 9.17) is 4.74 Å². The zero-order chi connectivity index (χ0) is 32.6. The number of aryl methyl sites for hydroxylation is 1. The molecule has 0 saturated heterocycles. The highest BCUT2D eigenvalue weighted by atomic mass is 19.1. The number of aromatic nitrogens is 7. The minimum Gasteiger partial charge on any atom is -0.388 e. The molecule has 1 aliphatic rings. The van der Waals surface area contributed by atoms with Crippen molar-refractivity contribution < 1.29 is 14.2 Å². The monoisotopic (exact) mass is 629 g/mol. The first kappa shape index (κ1) is 31.6. The second-order valence-electron chi connectivity index (χ2n) is 12.7. The molecule has 11 nitrogen and oxygen atoms in total. The van der Waals surface area contributed by atoms with Crippen molar-refractivity contribution in [2.75, 3.05) is 0 Å². The van der Waals surface area contributed by atoms with Crippen molar-refractivity contribution in [2.24, 2.45) is 0 Å². The summed E-state index contributed by atoms with van der Waals surface area (Å²) in [6, 6.07) is 12.2. The van der Waals surface area contributed by atoms with Gasteiger partial charge in [-0.2, -0.15) is 15.2 Å². The number of nitrogens with zero attached hydrogens (tertiary/aromatic N) is 5. The number of rotatable bonds is 10. The normalized spacial score (nSPS) is 17.9. The van der Waals surface area contributed by atoms with E-state index in [-0.39, 0.29) is 30.2 Å². The van der Waals surface area contributed by atoms with E-state index in [9.17, 15) is 14.7 Å². The van der Waals surface area contributed by atoms with E-state index in [1.165, 1.54) is 12.4 Å². The van der Waals surface area contributed by atoms with E-state index >= 15 is 4.39 Å². The van der Waals surface area contributed by atoms with E-state index in [1.807, 2.05) is 44.2 Å². The van der Waals surface area contributed by atoms with Crippen molar-refractivity contribution in [3.8, 4) is 22.5 Å². The van der Waals surface area contributed by atoms with Crippen LogP contribution >= 0.6 is 0 Å². The maximum atomic E-state index is 15.9. The van der Waals surface area contributed by atoms with Gasteiger partial charge in [-0.3, -0.25) is 14.3 Å². The average molecular weight is 630 g/mol. The van der Waals surface area contributed by atoms with Crippen molar-refractivity contribution in [3.05, 3.63) is 92.3 Å². The molecule has 12 heteroatoms. The molecule has 1 aliphatic carbocycles. The van der Waals surface area contributed by atoms with Crippen molar-refractivity contribution >= 4 is 5.78 Å². The summed E-state index contributed by atoms with van der Waals surface area (Å²) in [5.74, 6) is 0.423. The summed E-state index contributed by atoms with van der Waals surface area (Å²) in [4.78, 5) is 33.2. The lowest BCUT2D eigenvalue weighted by Gasteiger charge is -2.35. The van der Waals surface area contributed by atoms with Gasteiger partial charge in [0.25, 0.3) is 5.56 Å². The molecule has 1 fully saturated rings. The molecular formula is C34H40FN7O4. The van der Waals surface area contributed by atoms with E-state index in [1.54, 1.807) is 29.0 Å². The quantitative estimate of drug-likeness (QED) is 0.198. The topological polar surface area (TPSA) is 143 Å². The number of aromatic amines is 2. The van der Waals surface area contributed by atoms with Gasteiger partial charge in [-0.25, -0.2) is 18.8 Å². The first-order valence-corrected chi connectivity index (χ1v) is 15.9. The SMILES string of the molecule is CCCc1c(Cc2ccc(-c3ccccc3-c3n[nH]c(=O)[nH]3)cc2F)c(=O)n(C2CCC(OC(C)C(C)(C)O)CC2)c2ncnn12. The molecule has 3 N–H and O–H groups in total. The van der Waals surface area contributed by atoms with Gasteiger partial charge in [-0.1, -0.05) is 49.7 Å². The molecule has 1 atom stereocenters. The van der Waals surface area contributed by atoms with Crippen molar-refractivity contribution in [1.29, 1.82) is 0 Å². The summed E-state index contributed by atoms with van der Waals surface area (Å²) in [5, 5.41) is 21.2. The van der Waals surface area contributed by atoms with Crippen LogP contribution in [0, 0.1) is 5.82 Å². The predicted molar refractivity (Wildman–Crippen MR) is 172 cm³/mol. The zero-order valence-electron chi connectivity index (χ0n) is 26.6. The Bertz CT molecular complexity index is 1960. The Morgan fingerprint density at radius 2 is 1.85 bits per heavy atom. The van der Waals surface area contributed by atoms with Crippen LogP contribution in [0.2, 0.25) is 0 Å². The maximum absolute atomic E-state index is 15.9. The van der Waals surface area contributed by atoms with Crippen LogP contribution in [0.15, 0.2) is 58.4 Å². The molecule has 0 radical (unpaired) electrons. The molecule has 0 amide bonds. The number of fused-ring (bicyclic) bond motifs is 1. The standard InChI is InChI=1S/C34H40FN7O4/c1-5-8-29-27(17-22-12-11-21(18-28(22)35)25-9-6-7-10-26(25)30-38-32(44)40-39-30)31(43)41(33-36-19-37-42(29)33)23-13-15-24(16-14-23)46-20(2)34(3,4)45/h6-7,9-12,18-20,23-24,45H,5,8,13-17H2,1-4H3,(H2,38,39,40,44). The largest absolute Gasteiger partial charge is 0.388 e. The third-order valence-electron chi connectivity index (χ3n) is 9.13.